The van der Waals surface area contributed by atoms with Crippen molar-refractivity contribution in [3.8, 4) is 0 Å². The van der Waals surface area contributed by atoms with E-state index >= 15 is 0 Å². The maximum atomic E-state index is 11.7. The van der Waals surface area contributed by atoms with Crippen molar-refractivity contribution >= 4 is 10.9 Å². The smallest absolute Gasteiger partial charge is 0.189 e. The second kappa shape index (κ2) is 6.36. The van der Waals surface area contributed by atoms with Crippen LogP contribution in [0.25, 0.3) is 10.9 Å². The van der Waals surface area contributed by atoms with Crippen LogP contribution in [-0.2, 0) is 6.54 Å². The number of nitrogens with zero attached hydrogens (tertiary/aromatic N) is 1. The summed E-state index contributed by atoms with van der Waals surface area (Å²) in [4.78, 5) is 11.7. The van der Waals surface area contributed by atoms with Gasteiger partial charge in [-0.25, -0.2) is 0 Å². The Balaban J connectivity index is 2.09. The lowest BCUT2D eigenvalue weighted by Crippen LogP contribution is -2.21. The number of pyridine rings is 1. The standard InChI is InChI=1S/C15H20N2O/c1-2-3-9-16-10-12-17-11-8-15(18)13-6-4-5-7-14(13)17/h4-8,11,16H,2-3,9-10,12H2,1H3. The number of rotatable bonds is 6. The molecule has 0 radical (unpaired) electrons. The van der Waals surface area contributed by atoms with Crippen molar-refractivity contribution in [2.45, 2.75) is 26.3 Å². The molecule has 2 aromatic rings. The third-order valence-electron chi connectivity index (χ3n) is 3.12. The molecule has 0 atom stereocenters. The van der Waals surface area contributed by atoms with E-state index in [-0.39, 0.29) is 5.43 Å². The zero-order chi connectivity index (χ0) is 12.8. The molecule has 3 heteroatoms. The van der Waals surface area contributed by atoms with E-state index in [1.807, 2.05) is 30.5 Å². The van der Waals surface area contributed by atoms with Gasteiger partial charge < -0.3 is 9.88 Å². The Morgan fingerprint density at radius 1 is 1.17 bits per heavy atom. The average molecular weight is 244 g/mol. The highest BCUT2D eigenvalue weighted by Gasteiger charge is 2.00. The topological polar surface area (TPSA) is 34.0 Å². The van der Waals surface area contributed by atoms with Gasteiger partial charge in [0.1, 0.15) is 0 Å². The van der Waals surface area contributed by atoms with Gasteiger partial charge in [0, 0.05) is 30.7 Å². The second-order valence-corrected chi connectivity index (χ2v) is 4.49. The van der Waals surface area contributed by atoms with Gasteiger partial charge in [-0.2, -0.15) is 0 Å². The summed E-state index contributed by atoms with van der Waals surface area (Å²) in [7, 11) is 0. The van der Waals surface area contributed by atoms with Crippen LogP contribution in [0.5, 0.6) is 0 Å². The minimum absolute atomic E-state index is 0.0980. The van der Waals surface area contributed by atoms with Gasteiger partial charge in [-0.1, -0.05) is 25.5 Å². The maximum absolute atomic E-state index is 11.7. The maximum Gasteiger partial charge on any atom is 0.189 e. The first-order valence-corrected chi connectivity index (χ1v) is 6.62. The molecule has 0 spiro atoms. The Morgan fingerprint density at radius 3 is 2.83 bits per heavy atom. The van der Waals surface area contributed by atoms with Crippen LogP contribution in [0.4, 0.5) is 0 Å². The Hall–Kier alpha value is -1.61. The number of para-hydroxylation sites is 1. The fourth-order valence-corrected chi connectivity index (χ4v) is 2.08. The summed E-state index contributed by atoms with van der Waals surface area (Å²) >= 11 is 0. The minimum atomic E-state index is 0.0980. The van der Waals surface area contributed by atoms with Crippen molar-refractivity contribution in [3.05, 3.63) is 46.8 Å². The fraction of sp³-hybridized carbons (Fsp3) is 0.400. The number of nitrogens with one attached hydrogen (secondary N) is 1. The summed E-state index contributed by atoms with van der Waals surface area (Å²) in [6.07, 6.45) is 4.31. The molecule has 1 aromatic heterocycles. The van der Waals surface area contributed by atoms with E-state index < -0.39 is 0 Å². The summed E-state index contributed by atoms with van der Waals surface area (Å²) in [6.45, 7) is 5.09. The largest absolute Gasteiger partial charge is 0.346 e. The Morgan fingerprint density at radius 2 is 2.00 bits per heavy atom. The predicted molar refractivity (Wildman–Crippen MR) is 76.0 cm³/mol. The van der Waals surface area contributed by atoms with Gasteiger partial charge in [0.2, 0.25) is 0 Å². The number of hydrogen-bond acceptors (Lipinski definition) is 2. The molecule has 3 nitrogen and oxygen atoms in total. The number of aromatic nitrogens is 1. The Kier molecular flexibility index (Phi) is 4.53. The van der Waals surface area contributed by atoms with Crippen molar-refractivity contribution in [1.82, 2.24) is 9.88 Å². The fourth-order valence-electron chi connectivity index (χ4n) is 2.08. The number of hydrogen-bond donors (Lipinski definition) is 1. The molecule has 1 heterocycles. The molecule has 0 unspecified atom stereocenters. The molecule has 2 rings (SSSR count). The number of fused-ring (bicyclic) bond motifs is 1. The molecule has 0 amide bonds. The number of unbranched alkanes of at least 4 members (excludes halogenated alkanes) is 1. The SMILES string of the molecule is CCCCNCCn1ccc(=O)c2ccccc21. The summed E-state index contributed by atoms with van der Waals surface area (Å²) in [5.74, 6) is 0. The molecule has 0 aliphatic carbocycles. The molecule has 0 bridgehead atoms. The van der Waals surface area contributed by atoms with E-state index in [0.717, 1.165) is 30.5 Å². The van der Waals surface area contributed by atoms with Gasteiger partial charge >= 0.3 is 0 Å². The van der Waals surface area contributed by atoms with Gasteiger partial charge in [0.15, 0.2) is 5.43 Å². The van der Waals surface area contributed by atoms with Crippen LogP contribution in [0.15, 0.2) is 41.3 Å². The molecule has 0 aliphatic rings. The van der Waals surface area contributed by atoms with Crippen molar-refractivity contribution < 1.29 is 0 Å². The van der Waals surface area contributed by atoms with Crippen molar-refractivity contribution in [1.29, 1.82) is 0 Å². The molecule has 18 heavy (non-hydrogen) atoms. The van der Waals surface area contributed by atoms with E-state index in [0.29, 0.717) is 0 Å². The van der Waals surface area contributed by atoms with Crippen LogP contribution in [0.2, 0.25) is 0 Å². The lowest BCUT2D eigenvalue weighted by Gasteiger charge is -2.11. The van der Waals surface area contributed by atoms with Crippen LogP contribution in [0.3, 0.4) is 0 Å². The van der Waals surface area contributed by atoms with Crippen LogP contribution in [-0.4, -0.2) is 17.7 Å². The minimum Gasteiger partial charge on any atom is -0.346 e. The molecule has 0 saturated carbocycles. The van der Waals surface area contributed by atoms with Gasteiger partial charge in [0.05, 0.1) is 5.52 Å². The highest BCUT2D eigenvalue weighted by molar-refractivity contribution is 5.78. The van der Waals surface area contributed by atoms with Crippen molar-refractivity contribution in [2.24, 2.45) is 0 Å². The lowest BCUT2D eigenvalue weighted by atomic mass is 10.2. The van der Waals surface area contributed by atoms with Gasteiger partial charge in [-0.3, -0.25) is 4.79 Å². The molecular formula is C15H20N2O. The molecule has 96 valence electrons. The highest BCUT2D eigenvalue weighted by atomic mass is 16.1. The third-order valence-corrected chi connectivity index (χ3v) is 3.12. The molecule has 0 aliphatic heterocycles. The summed E-state index contributed by atoms with van der Waals surface area (Å²) in [6, 6.07) is 9.42. The first kappa shape index (κ1) is 12.8. The summed E-state index contributed by atoms with van der Waals surface area (Å²) in [5.41, 5.74) is 1.11. The summed E-state index contributed by atoms with van der Waals surface area (Å²) < 4.78 is 2.13. The highest BCUT2D eigenvalue weighted by Crippen LogP contribution is 2.08. The average Bonchev–Trinajstić information content (AvgIpc) is 2.41. The van der Waals surface area contributed by atoms with Gasteiger partial charge in [0.25, 0.3) is 0 Å². The van der Waals surface area contributed by atoms with Crippen LogP contribution >= 0.6 is 0 Å². The summed E-state index contributed by atoms with van der Waals surface area (Å²) in [5, 5.41) is 4.21. The number of benzene rings is 1. The Bertz CT molecular complexity index is 560. The first-order chi connectivity index (χ1) is 8.83. The predicted octanol–water partition coefficient (Wildman–Crippen LogP) is 2.39. The molecule has 0 fully saturated rings. The monoisotopic (exact) mass is 244 g/mol. The molecule has 1 aromatic carbocycles. The quantitative estimate of drug-likeness (QED) is 0.792. The van der Waals surface area contributed by atoms with Crippen LogP contribution in [0, 0.1) is 0 Å². The normalized spacial score (nSPS) is 10.9. The van der Waals surface area contributed by atoms with Crippen molar-refractivity contribution in [2.75, 3.05) is 13.1 Å². The van der Waals surface area contributed by atoms with Gasteiger partial charge in [-0.05, 0) is 25.1 Å². The van der Waals surface area contributed by atoms with Crippen molar-refractivity contribution in [3.63, 3.8) is 0 Å². The lowest BCUT2D eigenvalue weighted by molar-refractivity contribution is 0.587. The molecule has 0 saturated heterocycles. The van der Waals surface area contributed by atoms with E-state index in [1.54, 1.807) is 6.07 Å². The Labute approximate surface area is 107 Å². The van der Waals surface area contributed by atoms with Crippen LogP contribution in [0.1, 0.15) is 19.8 Å². The second-order valence-electron chi connectivity index (χ2n) is 4.49. The third kappa shape index (κ3) is 2.99. The van der Waals surface area contributed by atoms with E-state index in [1.165, 1.54) is 12.8 Å². The van der Waals surface area contributed by atoms with E-state index in [4.69, 9.17) is 0 Å². The molecule has 1 N–H and O–H groups in total. The zero-order valence-electron chi connectivity index (χ0n) is 10.9. The molecular weight excluding hydrogens is 224 g/mol. The first-order valence-electron chi connectivity index (χ1n) is 6.62. The van der Waals surface area contributed by atoms with E-state index in [9.17, 15) is 4.79 Å². The van der Waals surface area contributed by atoms with Crippen LogP contribution < -0.4 is 10.7 Å². The van der Waals surface area contributed by atoms with Gasteiger partial charge in [-0.15, -0.1) is 0 Å². The zero-order valence-corrected chi connectivity index (χ0v) is 10.9. The van der Waals surface area contributed by atoms with E-state index in [2.05, 4.69) is 16.8 Å².